The minimum Gasteiger partial charge on any atom is -0.384 e. The van der Waals surface area contributed by atoms with Crippen LogP contribution in [-0.4, -0.2) is 34.7 Å². The van der Waals surface area contributed by atoms with Gasteiger partial charge in [-0.15, -0.1) is 0 Å². The van der Waals surface area contributed by atoms with Crippen molar-refractivity contribution in [3.8, 4) is 0 Å². The molecule has 1 unspecified atom stereocenters. The summed E-state index contributed by atoms with van der Waals surface area (Å²) < 4.78 is 33.7. The molecule has 0 N–H and O–H groups in total. The van der Waals surface area contributed by atoms with Crippen LogP contribution in [0.4, 0.5) is 8.78 Å². The Morgan fingerprint density at radius 1 is 1.32 bits per heavy atom. The molecular formula is C16H19F2N3O. The average Bonchev–Trinajstić information content (AvgIpc) is 2.85. The Bertz CT molecular complexity index is 671. The van der Waals surface area contributed by atoms with Gasteiger partial charge in [0.15, 0.2) is 11.6 Å². The summed E-state index contributed by atoms with van der Waals surface area (Å²) in [5.41, 5.74) is 2.98. The van der Waals surface area contributed by atoms with E-state index in [-0.39, 0.29) is 5.92 Å². The lowest BCUT2D eigenvalue weighted by molar-refractivity contribution is 0.132. The maximum absolute atomic E-state index is 13.3. The number of rotatable bonds is 4. The maximum Gasteiger partial charge on any atom is 0.159 e. The van der Waals surface area contributed by atoms with Gasteiger partial charge in [-0.05, 0) is 17.7 Å². The van der Waals surface area contributed by atoms with Crippen LogP contribution in [0, 0.1) is 11.6 Å². The molecular weight excluding hydrogens is 288 g/mol. The maximum atomic E-state index is 13.3. The van der Waals surface area contributed by atoms with Gasteiger partial charge < -0.3 is 9.30 Å². The van der Waals surface area contributed by atoms with Gasteiger partial charge in [0.25, 0.3) is 0 Å². The predicted octanol–water partition coefficient (Wildman–Crippen LogP) is 2.44. The van der Waals surface area contributed by atoms with Crippen molar-refractivity contribution in [2.75, 3.05) is 20.3 Å². The van der Waals surface area contributed by atoms with Gasteiger partial charge in [0.05, 0.1) is 18.6 Å². The van der Waals surface area contributed by atoms with E-state index in [0.29, 0.717) is 19.7 Å². The van der Waals surface area contributed by atoms with Gasteiger partial charge in [0.1, 0.15) is 0 Å². The normalized spacial score (nSPS) is 18.5. The first-order chi connectivity index (χ1) is 10.6. The molecule has 0 spiro atoms. The average molecular weight is 307 g/mol. The fourth-order valence-corrected chi connectivity index (χ4v) is 3.16. The first-order valence-electron chi connectivity index (χ1n) is 7.23. The lowest BCUT2D eigenvalue weighted by Crippen LogP contribution is -2.35. The summed E-state index contributed by atoms with van der Waals surface area (Å²) in [5, 5.41) is 0. The highest BCUT2D eigenvalue weighted by atomic mass is 19.2. The second-order valence-electron chi connectivity index (χ2n) is 5.76. The molecule has 2 aromatic rings. The third kappa shape index (κ3) is 2.89. The highest BCUT2D eigenvalue weighted by molar-refractivity contribution is 5.23. The van der Waals surface area contributed by atoms with E-state index in [0.717, 1.165) is 17.8 Å². The quantitative estimate of drug-likeness (QED) is 0.869. The van der Waals surface area contributed by atoms with Gasteiger partial charge in [0, 0.05) is 45.4 Å². The molecule has 2 heterocycles. The topological polar surface area (TPSA) is 30.3 Å². The predicted molar refractivity (Wildman–Crippen MR) is 78.3 cm³/mol. The van der Waals surface area contributed by atoms with Crippen molar-refractivity contribution in [2.24, 2.45) is 7.05 Å². The monoisotopic (exact) mass is 307 g/mol. The molecule has 1 aromatic heterocycles. The first-order valence-corrected chi connectivity index (χ1v) is 7.23. The second kappa shape index (κ2) is 6.14. The van der Waals surface area contributed by atoms with Crippen LogP contribution < -0.4 is 0 Å². The molecule has 1 aromatic carbocycles. The molecule has 0 fully saturated rings. The van der Waals surface area contributed by atoms with Crippen LogP contribution in [0.5, 0.6) is 0 Å². The zero-order valence-electron chi connectivity index (χ0n) is 12.7. The summed E-state index contributed by atoms with van der Waals surface area (Å²) in [4.78, 5) is 6.63. The van der Waals surface area contributed by atoms with Crippen LogP contribution in [0.1, 0.15) is 22.9 Å². The van der Waals surface area contributed by atoms with Crippen molar-refractivity contribution < 1.29 is 13.5 Å². The van der Waals surface area contributed by atoms with E-state index in [1.54, 1.807) is 13.2 Å². The van der Waals surface area contributed by atoms with Crippen LogP contribution in [0.25, 0.3) is 0 Å². The van der Waals surface area contributed by atoms with Crippen molar-refractivity contribution in [1.82, 2.24) is 14.5 Å². The summed E-state index contributed by atoms with van der Waals surface area (Å²) in [7, 11) is 3.67. The van der Waals surface area contributed by atoms with E-state index in [9.17, 15) is 8.78 Å². The van der Waals surface area contributed by atoms with Crippen molar-refractivity contribution in [3.05, 3.63) is 53.1 Å². The zero-order chi connectivity index (χ0) is 15.7. The van der Waals surface area contributed by atoms with Gasteiger partial charge in [-0.25, -0.2) is 13.8 Å². The number of aromatic nitrogens is 2. The molecule has 1 aliphatic heterocycles. The Morgan fingerprint density at radius 3 is 2.86 bits per heavy atom. The summed E-state index contributed by atoms with van der Waals surface area (Å²) in [6.07, 6.45) is 1.81. The lowest BCUT2D eigenvalue weighted by Gasteiger charge is -2.32. The molecule has 6 heteroatoms. The molecule has 3 rings (SSSR count). The fraction of sp³-hybridized carbons (Fsp3) is 0.438. The van der Waals surface area contributed by atoms with Crippen molar-refractivity contribution in [2.45, 2.75) is 19.0 Å². The van der Waals surface area contributed by atoms with Gasteiger partial charge in [-0.2, -0.15) is 0 Å². The van der Waals surface area contributed by atoms with E-state index >= 15 is 0 Å². The molecule has 118 valence electrons. The first kappa shape index (κ1) is 15.1. The number of hydrogen-bond donors (Lipinski definition) is 0. The number of methoxy groups -OCH3 is 1. The molecule has 0 saturated carbocycles. The summed E-state index contributed by atoms with van der Waals surface area (Å²) in [6, 6.07) is 4.06. The minimum atomic E-state index is -0.813. The zero-order valence-corrected chi connectivity index (χ0v) is 12.7. The van der Waals surface area contributed by atoms with E-state index < -0.39 is 11.6 Å². The summed E-state index contributed by atoms with van der Waals surface area (Å²) >= 11 is 0. The molecule has 1 atom stereocenters. The molecule has 1 aliphatic rings. The number of benzene rings is 1. The van der Waals surface area contributed by atoms with E-state index in [2.05, 4.69) is 9.88 Å². The van der Waals surface area contributed by atoms with Crippen LogP contribution in [0.15, 0.2) is 24.5 Å². The third-order valence-corrected chi connectivity index (χ3v) is 4.06. The van der Waals surface area contributed by atoms with Gasteiger partial charge in [-0.1, -0.05) is 6.07 Å². The van der Waals surface area contributed by atoms with E-state index in [1.165, 1.54) is 17.8 Å². The van der Waals surface area contributed by atoms with Gasteiger partial charge in [-0.3, -0.25) is 4.90 Å². The van der Waals surface area contributed by atoms with Crippen molar-refractivity contribution >= 4 is 0 Å². The van der Waals surface area contributed by atoms with Crippen LogP contribution in [-0.2, 0) is 24.9 Å². The summed E-state index contributed by atoms with van der Waals surface area (Å²) in [6.45, 7) is 2.68. The molecule has 4 nitrogen and oxygen atoms in total. The smallest absolute Gasteiger partial charge is 0.159 e. The van der Waals surface area contributed by atoms with Crippen LogP contribution in [0.2, 0.25) is 0 Å². The Labute approximate surface area is 128 Å². The van der Waals surface area contributed by atoms with Gasteiger partial charge >= 0.3 is 0 Å². The van der Waals surface area contributed by atoms with E-state index in [4.69, 9.17) is 4.74 Å². The third-order valence-electron chi connectivity index (χ3n) is 4.06. The van der Waals surface area contributed by atoms with Crippen LogP contribution >= 0.6 is 0 Å². The molecule has 0 bridgehead atoms. The van der Waals surface area contributed by atoms with Gasteiger partial charge in [0.2, 0.25) is 0 Å². The van der Waals surface area contributed by atoms with Crippen LogP contribution in [0.3, 0.4) is 0 Å². The minimum absolute atomic E-state index is 0.228. The molecule has 0 radical (unpaired) electrons. The standard InChI is InChI=1S/C16H19F2N3O/c1-20-10-19-15-8-21(7-12(9-22-2)16(15)20)6-11-3-4-13(17)14(18)5-11/h3-5,10,12H,6-9H2,1-2H3. The van der Waals surface area contributed by atoms with E-state index in [1.807, 2.05) is 17.9 Å². The number of halogens is 2. The number of imidazole rings is 1. The number of ether oxygens (including phenoxy) is 1. The summed E-state index contributed by atoms with van der Waals surface area (Å²) in [5.74, 6) is -1.39. The van der Waals surface area contributed by atoms with Crippen molar-refractivity contribution in [3.63, 3.8) is 0 Å². The molecule has 0 aliphatic carbocycles. The molecule has 22 heavy (non-hydrogen) atoms. The SMILES string of the molecule is COCC1CN(Cc2ccc(F)c(F)c2)Cc2ncn(C)c21. The Hall–Kier alpha value is -1.79. The number of hydrogen-bond acceptors (Lipinski definition) is 3. The molecule has 0 amide bonds. The second-order valence-corrected chi connectivity index (χ2v) is 5.76. The Kier molecular flexibility index (Phi) is 4.22. The fourth-order valence-electron chi connectivity index (χ4n) is 3.16. The highest BCUT2D eigenvalue weighted by Gasteiger charge is 2.28. The van der Waals surface area contributed by atoms with Crippen molar-refractivity contribution in [1.29, 1.82) is 0 Å². The number of aryl methyl sites for hydroxylation is 1. The Balaban J connectivity index is 1.80. The largest absolute Gasteiger partial charge is 0.384 e. The number of nitrogens with zero attached hydrogens (tertiary/aromatic N) is 3. The Morgan fingerprint density at radius 2 is 2.14 bits per heavy atom. The lowest BCUT2D eigenvalue weighted by atomic mass is 9.98. The number of fused-ring (bicyclic) bond motifs is 1. The molecule has 0 saturated heterocycles. The highest BCUT2D eigenvalue weighted by Crippen LogP contribution is 2.28.